The van der Waals surface area contributed by atoms with E-state index in [1.54, 1.807) is 28.4 Å². The fraction of sp³-hybridized carbons (Fsp3) is 0.308. The van der Waals surface area contributed by atoms with Crippen LogP contribution in [0.15, 0.2) is 54.6 Å². The molecule has 2 heterocycles. The van der Waals surface area contributed by atoms with Crippen molar-refractivity contribution in [3.05, 3.63) is 82.4 Å². The fourth-order valence-corrected chi connectivity index (χ4v) is 5.40. The topological polar surface area (TPSA) is 40.2 Å². The van der Waals surface area contributed by atoms with Gasteiger partial charge >= 0.3 is 0 Å². The molecule has 0 saturated carbocycles. The summed E-state index contributed by atoms with van der Waals surface area (Å²) >= 11 is 0. The van der Waals surface area contributed by atoms with Crippen LogP contribution in [0.2, 0.25) is 0 Å². The van der Waals surface area contributed by atoms with Crippen molar-refractivity contribution in [1.29, 1.82) is 0 Å². The molecule has 0 fully saturated rings. The molecule has 3 aromatic rings. The van der Waals surface area contributed by atoms with Crippen LogP contribution in [0.5, 0.6) is 23.0 Å². The van der Waals surface area contributed by atoms with E-state index in [-0.39, 0.29) is 5.41 Å². The maximum atomic E-state index is 5.85. The Morgan fingerprint density at radius 2 is 1.42 bits per heavy atom. The second-order valence-corrected chi connectivity index (χ2v) is 8.11. The van der Waals surface area contributed by atoms with Crippen molar-refractivity contribution in [3.8, 4) is 23.0 Å². The minimum Gasteiger partial charge on any atom is -0.493 e. The van der Waals surface area contributed by atoms with E-state index in [4.69, 9.17) is 18.9 Å². The molecule has 0 amide bonds. The van der Waals surface area contributed by atoms with Crippen molar-refractivity contribution < 1.29 is 18.9 Å². The molecule has 0 aromatic heterocycles. The lowest BCUT2D eigenvalue weighted by molar-refractivity contribution is 0.179. The number of hydrogen-bond acceptors (Lipinski definition) is 5. The minimum atomic E-state index is -0.346. The second-order valence-electron chi connectivity index (χ2n) is 8.11. The summed E-state index contributed by atoms with van der Waals surface area (Å²) in [6.07, 6.45) is 0. The number of nitrogens with zero attached hydrogens (tertiary/aromatic N) is 1. The van der Waals surface area contributed by atoms with E-state index in [0.29, 0.717) is 0 Å². The lowest BCUT2D eigenvalue weighted by Crippen LogP contribution is -2.51. The smallest absolute Gasteiger partial charge is 0.165 e. The molecule has 160 valence electrons. The Morgan fingerprint density at radius 1 is 0.710 bits per heavy atom. The van der Waals surface area contributed by atoms with Crippen LogP contribution in [-0.4, -0.2) is 39.9 Å². The van der Waals surface area contributed by atoms with Crippen LogP contribution in [0.4, 0.5) is 0 Å². The normalized spacial score (nSPS) is 21.0. The molecule has 2 aliphatic heterocycles. The monoisotopic (exact) mass is 417 g/mol. The molecule has 0 N–H and O–H groups in total. The van der Waals surface area contributed by atoms with E-state index in [1.807, 2.05) is 6.07 Å². The Morgan fingerprint density at radius 3 is 2.10 bits per heavy atom. The highest BCUT2D eigenvalue weighted by molar-refractivity contribution is 5.65. The molecule has 3 aromatic carbocycles. The van der Waals surface area contributed by atoms with Gasteiger partial charge in [-0.15, -0.1) is 0 Å². The highest BCUT2D eigenvalue weighted by atomic mass is 16.5. The lowest BCUT2D eigenvalue weighted by Gasteiger charge is -2.50. The number of rotatable bonds is 5. The summed E-state index contributed by atoms with van der Waals surface area (Å²) in [4.78, 5) is 2.48. The third kappa shape index (κ3) is 2.80. The molecule has 5 heteroatoms. The van der Waals surface area contributed by atoms with Crippen LogP contribution in [0.3, 0.4) is 0 Å². The van der Waals surface area contributed by atoms with Gasteiger partial charge in [0.2, 0.25) is 0 Å². The standard InChI is InChI=1S/C26H27NO4/c1-28-22-11-10-20-19(25(22)31-4)15-27-14-17-12-23(29-2)24(30-3)13-21(17)26(20,16-27)18-8-6-5-7-9-18/h5-13H,14-16H2,1-4H3. The zero-order valence-corrected chi connectivity index (χ0v) is 18.4. The van der Waals surface area contributed by atoms with Crippen molar-refractivity contribution in [2.24, 2.45) is 0 Å². The largest absolute Gasteiger partial charge is 0.493 e. The zero-order chi connectivity index (χ0) is 21.6. The summed E-state index contributed by atoms with van der Waals surface area (Å²) < 4.78 is 22.8. The Balaban J connectivity index is 1.87. The molecular formula is C26H27NO4. The van der Waals surface area contributed by atoms with E-state index in [0.717, 1.165) is 42.6 Å². The summed E-state index contributed by atoms with van der Waals surface area (Å²) in [5.41, 5.74) is 5.84. The van der Waals surface area contributed by atoms with E-state index in [2.05, 4.69) is 53.4 Å². The Labute approximate surface area is 183 Å². The van der Waals surface area contributed by atoms with Crippen LogP contribution in [-0.2, 0) is 18.5 Å². The molecule has 2 atom stereocenters. The maximum absolute atomic E-state index is 5.85. The first-order valence-corrected chi connectivity index (χ1v) is 10.4. The van der Waals surface area contributed by atoms with Gasteiger partial charge in [0.25, 0.3) is 0 Å². The van der Waals surface area contributed by atoms with E-state index < -0.39 is 0 Å². The van der Waals surface area contributed by atoms with Crippen LogP contribution in [0, 0.1) is 0 Å². The van der Waals surface area contributed by atoms with Crippen LogP contribution in [0.25, 0.3) is 0 Å². The van der Waals surface area contributed by atoms with Crippen molar-refractivity contribution in [2.75, 3.05) is 35.0 Å². The van der Waals surface area contributed by atoms with Gasteiger partial charge in [0, 0.05) is 25.2 Å². The predicted molar refractivity (Wildman–Crippen MR) is 120 cm³/mol. The van der Waals surface area contributed by atoms with Crippen molar-refractivity contribution in [1.82, 2.24) is 4.90 Å². The molecule has 0 saturated heterocycles. The van der Waals surface area contributed by atoms with Gasteiger partial charge in [0.05, 0.1) is 33.9 Å². The van der Waals surface area contributed by atoms with Crippen LogP contribution >= 0.6 is 0 Å². The maximum Gasteiger partial charge on any atom is 0.165 e. The molecule has 0 aliphatic carbocycles. The first-order valence-electron chi connectivity index (χ1n) is 10.4. The summed E-state index contributed by atoms with van der Waals surface area (Å²) in [6, 6.07) is 19.2. The number of ether oxygens (including phenoxy) is 4. The number of methoxy groups -OCH3 is 4. The predicted octanol–water partition coefficient (Wildman–Crippen LogP) is 4.38. The van der Waals surface area contributed by atoms with E-state index in [9.17, 15) is 0 Å². The van der Waals surface area contributed by atoms with Crippen molar-refractivity contribution in [3.63, 3.8) is 0 Å². The third-order valence-corrected chi connectivity index (χ3v) is 6.68. The third-order valence-electron chi connectivity index (χ3n) is 6.68. The van der Waals surface area contributed by atoms with Gasteiger partial charge in [0.1, 0.15) is 0 Å². The molecule has 0 radical (unpaired) electrons. The van der Waals surface area contributed by atoms with Crippen LogP contribution in [0.1, 0.15) is 27.8 Å². The van der Waals surface area contributed by atoms with Gasteiger partial charge in [-0.2, -0.15) is 0 Å². The zero-order valence-electron chi connectivity index (χ0n) is 18.4. The number of hydrogen-bond donors (Lipinski definition) is 0. The average Bonchev–Trinajstić information content (AvgIpc) is 2.82. The average molecular weight is 418 g/mol. The molecule has 5 rings (SSSR count). The van der Waals surface area contributed by atoms with Gasteiger partial charge in [-0.3, -0.25) is 4.90 Å². The number of benzene rings is 3. The second kappa shape index (κ2) is 7.50. The Bertz CT molecular complexity index is 1120. The summed E-state index contributed by atoms with van der Waals surface area (Å²) in [5.74, 6) is 3.09. The van der Waals surface area contributed by atoms with E-state index >= 15 is 0 Å². The lowest BCUT2D eigenvalue weighted by atomic mass is 9.63. The minimum absolute atomic E-state index is 0.346. The highest BCUT2D eigenvalue weighted by Crippen LogP contribution is 2.53. The Hall–Kier alpha value is -3.18. The van der Waals surface area contributed by atoms with Gasteiger partial charge in [-0.1, -0.05) is 36.4 Å². The van der Waals surface area contributed by atoms with Crippen molar-refractivity contribution >= 4 is 0 Å². The molecule has 0 spiro atoms. The molecular weight excluding hydrogens is 390 g/mol. The van der Waals surface area contributed by atoms with Gasteiger partial charge < -0.3 is 18.9 Å². The first-order chi connectivity index (χ1) is 15.2. The molecule has 5 nitrogen and oxygen atoms in total. The molecule has 2 bridgehead atoms. The quantitative estimate of drug-likeness (QED) is 0.616. The summed E-state index contributed by atoms with van der Waals surface area (Å²) in [7, 11) is 6.79. The SMILES string of the molecule is COc1cc2c(cc1OC)C1(c3ccccc3)CN(C2)Cc2c1ccc(OC)c2OC. The first kappa shape index (κ1) is 19.8. The summed E-state index contributed by atoms with van der Waals surface area (Å²) in [5, 5.41) is 0. The molecule has 31 heavy (non-hydrogen) atoms. The van der Waals surface area contributed by atoms with Gasteiger partial charge in [0.15, 0.2) is 23.0 Å². The summed E-state index contributed by atoms with van der Waals surface area (Å²) in [6.45, 7) is 2.53. The Kier molecular flexibility index (Phi) is 4.78. The van der Waals surface area contributed by atoms with Crippen LogP contribution < -0.4 is 18.9 Å². The van der Waals surface area contributed by atoms with Gasteiger partial charge in [-0.25, -0.2) is 0 Å². The number of fused-ring (bicyclic) bond motifs is 6. The molecule has 2 unspecified atom stereocenters. The fourth-order valence-electron chi connectivity index (χ4n) is 5.40. The van der Waals surface area contributed by atoms with Crippen molar-refractivity contribution in [2.45, 2.75) is 18.5 Å². The van der Waals surface area contributed by atoms with Gasteiger partial charge in [-0.05, 0) is 40.5 Å². The van der Waals surface area contributed by atoms with E-state index in [1.165, 1.54) is 27.8 Å². The highest BCUT2D eigenvalue weighted by Gasteiger charge is 2.48. The molecule has 2 aliphatic rings.